The van der Waals surface area contributed by atoms with Crippen molar-refractivity contribution in [1.29, 1.82) is 0 Å². The summed E-state index contributed by atoms with van der Waals surface area (Å²) in [6.07, 6.45) is 1.07. The first-order valence-corrected chi connectivity index (χ1v) is 7.14. The fraction of sp³-hybridized carbons (Fsp3) is 0.600. The van der Waals surface area contributed by atoms with Crippen LogP contribution >= 0.6 is 11.6 Å². The Kier molecular flexibility index (Phi) is 7.21. The first kappa shape index (κ1) is 16.3. The van der Waals surface area contributed by atoms with Gasteiger partial charge in [0.1, 0.15) is 12.4 Å². The Bertz CT molecular complexity index is 380. The highest BCUT2D eigenvalue weighted by Crippen LogP contribution is 2.27. The van der Waals surface area contributed by atoms with Crippen molar-refractivity contribution < 1.29 is 9.47 Å². The van der Waals surface area contributed by atoms with Crippen molar-refractivity contribution >= 4 is 11.6 Å². The number of benzene rings is 1. The molecule has 1 aromatic carbocycles. The highest BCUT2D eigenvalue weighted by atomic mass is 35.5. The summed E-state index contributed by atoms with van der Waals surface area (Å²) >= 11 is 6.13. The summed E-state index contributed by atoms with van der Waals surface area (Å²) in [4.78, 5) is 0. The van der Waals surface area contributed by atoms with E-state index in [4.69, 9.17) is 26.8 Å². The molecular weight excluding hydrogens is 262 g/mol. The van der Waals surface area contributed by atoms with Crippen LogP contribution in [0.3, 0.4) is 0 Å². The second-order valence-electron chi connectivity index (χ2n) is 5.12. The van der Waals surface area contributed by atoms with Crippen LogP contribution in [0.1, 0.15) is 38.8 Å². The van der Waals surface area contributed by atoms with Gasteiger partial charge in [-0.3, -0.25) is 0 Å². The van der Waals surface area contributed by atoms with Crippen molar-refractivity contribution in [3.8, 4) is 5.75 Å². The van der Waals surface area contributed by atoms with Crippen LogP contribution in [0.4, 0.5) is 0 Å². The van der Waals surface area contributed by atoms with E-state index in [1.165, 1.54) is 0 Å². The van der Waals surface area contributed by atoms with Gasteiger partial charge in [0.25, 0.3) is 0 Å². The van der Waals surface area contributed by atoms with Crippen LogP contribution in [0.15, 0.2) is 18.2 Å². The van der Waals surface area contributed by atoms with Crippen LogP contribution in [0.2, 0.25) is 5.02 Å². The maximum atomic E-state index is 6.13. The molecule has 0 aliphatic rings. The van der Waals surface area contributed by atoms with Crippen LogP contribution in [0, 0.1) is 5.92 Å². The molecule has 1 atom stereocenters. The molecule has 0 saturated carbocycles. The average Bonchev–Trinajstić information content (AvgIpc) is 2.34. The van der Waals surface area contributed by atoms with Crippen LogP contribution in [0.25, 0.3) is 0 Å². The predicted octanol–water partition coefficient (Wildman–Crippen LogP) is 3.80. The summed E-state index contributed by atoms with van der Waals surface area (Å²) in [5, 5.41) is 0.594. The predicted molar refractivity (Wildman–Crippen MR) is 79.8 cm³/mol. The van der Waals surface area contributed by atoms with Gasteiger partial charge >= 0.3 is 0 Å². The molecule has 0 spiro atoms. The van der Waals surface area contributed by atoms with E-state index in [2.05, 4.69) is 13.8 Å². The SMILES string of the molecule is CC(C)CCOCCOc1ccc(C(C)N)cc1Cl. The largest absolute Gasteiger partial charge is 0.490 e. The van der Waals surface area contributed by atoms with Gasteiger partial charge in [0.05, 0.1) is 11.6 Å². The first-order valence-electron chi connectivity index (χ1n) is 6.76. The summed E-state index contributed by atoms with van der Waals surface area (Å²) in [5.41, 5.74) is 6.80. The molecule has 0 bridgehead atoms. The minimum atomic E-state index is -0.0223. The Morgan fingerprint density at radius 3 is 2.47 bits per heavy atom. The third-order valence-corrected chi connectivity index (χ3v) is 3.10. The molecule has 0 saturated heterocycles. The average molecular weight is 286 g/mol. The number of hydrogen-bond donors (Lipinski definition) is 1. The van der Waals surface area contributed by atoms with Gasteiger partial charge < -0.3 is 15.2 Å². The minimum Gasteiger partial charge on any atom is -0.490 e. The van der Waals surface area contributed by atoms with E-state index >= 15 is 0 Å². The Balaban J connectivity index is 2.30. The zero-order valence-corrected chi connectivity index (χ0v) is 12.7. The monoisotopic (exact) mass is 285 g/mol. The lowest BCUT2D eigenvalue weighted by molar-refractivity contribution is 0.0926. The quantitative estimate of drug-likeness (QED) is 0.739. The highest BCUT2D eigenvalue weighted by Gasteiger charge is 2.05. The summed E-state index contributed by atoms with van der Waals surface area (Å²) in [5.74, 6) is 1.35. The van der Waals surface area contributed by atoms with Gasteiger partial charge in [0.2, 0.25) is 0 Å². The molecular formula is C15H24ClNO2. The number of ether oxygens (including phenoxy) is 2. The topological polar surface area (TPSA) is 44.5 Å². The Hall–Kier alpha value is -0.770. The molecule has 0 aliphatic heterocycles. The zero-order chi connectivity index (χ0) is 14.3. The molecule has 1 rings (SSSR count). The summed E-state index contributed by atoms with van der Waals surface area (Å²) in [6, 6.07) is 5.62. The van der Waals surface area contributed by atoms with Crippen molar-refractivity contribution in [3.05, 3.63) is 28.8 Å². The number of nitrogens with two attached hydrogens (primary N) is 1. The molecule has 2 N–H and O–H groups in total. The van der Waals surface area contributed by atoms with E-state index in [1.807, 2.05) is 25.1 Å². The van der Waals surface area contributed by atoms with Crippen LogP contribution in [0.5, 0.6) is 5.75 Å². The molecule has 0 heterocycles. The van der Waals surface area contributed by atoms with E-state index in [1.54, 1.807) is 0 Å². The molecule has 108 valence electrons. The summed E-state index contributed by atoms with van der Waals surface area (Å²) in [6.45, 7) is 8.15. The van der Waals surface area contributed by atoms with Crippen molar-refractivity contribution in [2.75, 3.05) is 19.8 Å². The Morgan fingerprint density at radius 1 is 1.16 bits per heavy atom. The fourth-order valence-electron chi connectivity index (χ4n) is 1.55. The summed E-state index contributed by atoms with van der Waals surface area (Å²) < 4.78 is 11.1. The van der Waals surface area contributed by atoms with E-state index in [9.17, 15) is 0 Å². The van der Waals surface area contributed by atoms with Crippen LogP contribution in [-0.2, 0) is 4.74 Å². The third kappa shape index (κ3) is 6.28. The number of halogens is 1. The fourth-order valence-corrected chi connectivity index (χ4v) is 1.79. The zero-order valence-electron chi connectivity index (χ0n) is 12.0. The van der Waals surface area contributed by atoms with Crippen molar-refractivity contribution in [2.45, 2.75) is 33.2 Å². The van der Waals surface area contributed by atoms with Gasteiger partial charge in [-0.25, -0.2) is 0 Å². The lowest BCUT2D eigenvalue weighted by Crippen LogP contribution is -2.09. The van der Waals surface area contributed by atoms with Crippen LogP contribution in [-0.4, -0.2) is 19.8 Å². The van der Waals surface area contributed by atoms with Gasteiger partial charge in [-0.15, -0.1) is 0 Å². The van der Waals surface area contributed by atoms with Gasteiger partial charge in [-0.2, -0.15) is 0 Å². The maximum absolute atomic E-state index is 6.13. The van der Waals surface area contributed by atoms with E-state index in [-0.39, 0.29) is 6.04 Å². The first-order chi connectivity index (χ1) is 9.00. The van der Waals surface area contributed by atoms with Crippen LogP contribution < -0.4 is 10.5 Å². The number of hydrogen-bond acceptors (Lipinski definition) is 3. The lowest BCUT2D eigenvalue weighted by atomic mass is 10.1. The molecule has 0 fully saturated rings. The molecule has 0 amide bonds. The standard InChI is InChI=1S/C15H24ClNO2/c1-11(2)6-7-18-8-9-19-15-5-4-13(12(3)17)10-14(15)16/h4-5,10-12H,6-9,17H2,1-3H3. The second-order valence-corrected chi connectivity index (χ2v) is 5.53. The molecule has 3 nitrogen and oxygen atoms in total. The third-order valence-electron chi connectivity index (χ3n) is 2.81. The highest BCUT2D eigenvalue weighted by molar-refractivity contribution is 6.32. The van der Waals surface area contributed by atoms with Crippen molar-refractivity contribution in [3.63, 3.8) is 0 Å². The smallest absolute Gasteiger partial charge is 0.138 e. The molecule has 1 unspecified atom stereocenters. The molecule has 1 aromatic rings. The van der Waals surface area contributed by atoms with Crippen molar-refractivity contribution in [2.24, 2.45) is 11.7 Å². The van der Waals surface area contributed by atoms with Gasteiger partial charge in [0, 0.05) is 12.6 Å². The van der Waals surface area contributed by atoms with Gasteiger partial charge in [-0.1, -0.05) is 31.5 Å². The molecule has 0 aliphatic carbocycles. The Labute approximate surface area is 121 Å². The van der Waals surface area contributed by atoms with E-state index in [0.29, 0.717) is 29.9 Å². The Morgan fingerprint density at radius 2 is 1.89 bits per heavy atom. The van der Waals surface area contributed by atoms with Crippen molar-refractivity contribution in [1.82, 2.24) is 0 Å². The van der Waals surface area contributed by atoms with E-state index in [0.717, 1.165) is 18.6 Å². The van der Waals surface area contributed by atoms with Gasteiger partial charge in [0.15, 0.2) is 0 Å². The summed E-state index contributed by atoms with van der Waals surface area (Å²) in [7, 11) is 0. The van der Waals surface area contributed by atoms with Gasteiger partial charge in [-0.05, 0) is 37.0 Å². The molecule has 0 radical (unpaired) electrons. The molecule has 4 heteroatoms. The minimum absolute atomic E-state index is 0.0223. The molecule has 0 aromatic heterocycles. The second kappa shape index (κ2) is 8.41. The molecule has 19 heavy (non-hydrogen) atoms. The lowest BCUT2D eigenvalue weighted by Gasteiger charge is -2.11. The number of rotatable bonds is 8. The normalized spacial score (nSPS) is 12.7. The maximum Gasteiger partial charge on any atom is 0.138 e. The van der Waals surface area contributed by atoms with E-state index < -0.39 is 0 Å².